The number of anilines is 1. The van der Waals surface area contributed by atoms with E-state index in [4.69, 9.17) is 5.73 Å². The summed E-state index contributed by atoms with van der Waals surface area (Å²) < 4.78 is 13.6. The van der Waals surface area contributed by atoms with Gasteiger partial charge in [0.25, 0.3) is 0 Å². The number of hydrogen-bond acceptors (Lipinski definition) is 2. The van der Waals surface area contributed by atoms with E-state index in [1.807, 2.05) is 30.5 Å². The molecule has 0 bridgehead atoms. The third-order valence-corrected chi connectivity index (χ3v) is 5.27. The van der Waals surface area contributed by atoms with E-state index in [2.05, 4.69) is 23.1 Å². The van der Waals surface area contributed by atoms with Crippen LogP contribution < -0.4 is 10.6 Å². The van der Waals surface area contributed by atoms with Crippen LogP contribution in [0, 0.1) is 12.7 Å². The number of amides is 2. The van der Waals surface area contributed by atoms with E-state index in [1.54, 1.807) is 19.2 Å². The Morgan fingerprint density at radius 3 is 2.66 bits per heavy atom. The largest absolute Gasteiger partial charge is 0.351 e. The van der Waals surface area contributed by atoms with Crippen molar-refractivity contribution in [2.24, 2.45) is 5.73 Å². The first-order valence-electron chi connectivity index (χ1n) is 9.39. The zero-order chi connectivity index (χ0) is 21.0. The third kappa shape index (κ3) is 3.92. The van der Waals surface area contributed by atoms with E-state index in [0.29, 0.717) is 24.1 Å². The summed E-state index contributed by atoms with van der Waals surface area (Å²) in [5, 5.41) is 0.969. The highest BCUT2D eigenvalue weighted by Crippen LogP contribution is 2.39. The Balaban J connectivity index is 2.16. The molecule has 0 aliphatic carbocycles. The molecule has 0 aliphatic heterocycles. The summed E-state index contributed by atoms with van der Waals surface area (Å²) in [7, 11) is 0. The number of nitrogens with two attached hydrogens (primary N) is 1. The molecule has 0 spiro atoms. The van der Waals surface area contributed by atoms with E-state index in [1.165, 1.54) is 17.0 Å². The number of carbonyl (C=O) groups is 1. The lowest BCUT2D eigenvalue weighted by Crippen LogP contribution is -2.46. The van der Waals surface area contributed by atoms with Gasteiger partial charge in [-0.25, -0.2) is 14.2 Å². The van der Waals surface area contributed by atoms with Crippen molar-refractivity contribution in [2.75, 3.05) is 11.4 Å². The predicted octanol–water partition coefficient (Wildman–Crippen LogP) is 4.99. The van der Waals surface area contributed by atoms with Gasteiger partial charge in [0.2, 0.25) is 0 Å². The van der Waals surface area contributed by atoms with Gasteiger partial charge in [-0.2, -0.15) is 0 Å². The van der Waals surface area contributed by atoms with Crippen LogP contribution in [0.5, 0.6) is 0 Å². The van der Waals surface area contributed by atoms with Gasteiger partial charge < -0.3 is 10.7 Å². The molecule has 3 rings (SSSR count). The summed E-state index contributed by atoms with van der Waals surface area (Å²) in [4.78, 5) is 21.5. The lowest BCUT2D eigenvalue weighted by molar-refractivity contribution is 0.251. The fourth-order valence-electron chi connectivity index (χ4n) is 3.97. The van der Waals surface area contributed by atoms with Crippen molar-refractivity contribution in [3.05, 3.63) is 85.0 Å². The summed E-state index contributed by atoms with van der Waals surface area (Å²) in [6.07, 6.45) is 8.48. The number of aryl methyl sites for hydroxylation is 1. The molecule has 3 N–H and O–H groups in total. The van der Waals surface area contributed by atoms with Gasteiger partial charge in [-0.1, -0.05) is 12.2 Å². The van der Waals surface area contributed by atoms with Gasteiger partial charge in [0.05, 0.1) is 0 Å². The number of fused-ring (bicyclic) bond motifs is 1. The van der Waals surface area contributed by atoms with E-state index in [0.717, 1.165) is 16.6 Å². The number of halogens is 1. The number of aromatic nitrogens is 2. The van der Waals surface area contributed by atoms with Gasteiger partial charge >= 0.3 is 6.03 Å². The normalized spacial score (nSPS) is 11.4. The molecule has 0 fully saturated rings. The average Bonchev–Trinajstić information content (AvgIpc) is 3.11. The van der Waals surface area contributed by atoms with Gasteiger partial charge in [-0.3, -0.25) is 4.90 Å². The molecule has 150 valence electrons. The van der Waals surface area contributed by atoms with Crippen molar-refractivity contribution in [1.29, 1.82) is 0 Å². The Hall–Kier alpha value is -3.41. The number of urea groups is 1. The highest BCUT2D eigenvalue weighted by molar-refractivity contribution is 5.92. The molecule has 29 heavy (non-hydrogen) atoms. The molecule has 2 aromatic heterocycles. The summed E-state index contributed by atoms with van der Waals surface area (Å²) >= 11 is 0. The lowest BCUT2D eigenvalue weighted by Gasteiger charge is -2.37. The quantitative estimate of drug-likeness (QED) is 0.530. The second-order valence-electron chi connectivity index (χ2n) is 7.22. The van der Waals surface area contributed by atoms with Gasteiger partial charge in [0.1, 0.15) is 11.5 Å². The molecule has 5 nitrogen and oxygen atoms in total. The second kappa shape index (κ2) is 8.31. The van der Waals surface area contributed by atoms with E-state index >= 15 is 0 Å². The highest BCUT2D eigenvalue weighted by atomic mass is 19.1. The molecule has 0 aliphatic rings. The number of allylic oxidation sites excluding steroid dienone is 2. The number of rotatable bonds is 8. The topological polar surface area (TPSA) is 75.0 Å². The molecule has 1 aromatic carbocycles. The van der Waals surface area contributed by atoms with Gasteiger partial charge in [0.15, 0.2) is 0 Å². The standard InChI is InChI=1S/C23H25FN4O/c1-4-10-23(11-5-2,19-14-27-21-18(19)7-6-12-26-21)15-28(22(25)29)20-9-8-17(24)13-16(20)3/h4-9,12-14H,1-2,10-11,15H2,3H3,(H2,25,29)(H,26,27). The molecule has 0 radical (unpaired) electrons. The molecule has 0 unspecified atom stereocenters. The molecular formula is C23H25FN4O. The number of benzene rings is 1. The molecule has 2 heterocycles. The Kier molecular flexibility index (Phi) is 5.82. The fourth-order valence-corrected chi connectivity index (χ4v) is 3.97. The number of carbonyl (C=O) groups excluding carboxylic acids is 1. The zero-order valence-electron chi connectivity index (χ0n) is 16.5. The number of nitrogens with zero attached hydrogens (tertiary/aromatic N) is 2. The number of primary amides is 1. The van der Waals surface area contributed by atoms with Crippen molar-refractivity contribution in [2.45, 2.75) is 25.2 Å². The maximum absolute atomic E-state index is 13.6. The molecule has 2 amide bonds. The monoisotopic (exact) mass is 392 g/mol. The SMILES string of the molecule is C=CCC(CC=C)(CN(C(N)=O)c1ccc(F)cc1C)c1c[nH]c2ncccc12. The van der Waals surface area contributed by atoms with Crippen LogP contribution in [0.3, 0.4) is 0 Å². The molecular weight excluding hydrogens is 367 g/mol. The van der Waals surface area contributed by atoms with E-state index in [-0.39, 0.29) is 12.4 Å². The van der Waals surface area contributed by atoms with Crippen molar-refractivity contribution >= 4 is 22.8 Å². The van der Waals surface area contributed by atoms with E-state index in [9.17, 15) is 9.18 Å². The minimum absolute atomic E-state index is 0.286. The Morgan fingerprint density at radius 2 is 2.03 bits per heavy atom. The van der Waals surface area contributed by atoms with Crippen molar-refractivity contribution < 1.29 is 9.18 Å². The minimum atomic E-state index is -0.602. The summed E-state index contributed by atoms with van der Waals surface area (Å²) in [6.45, 7) is 9.90. The van der Waals surface area contributed by atoms with Gasteiger partial charge in [0, 0.05) is 35.4 Å². The lowest BCUT2D eigenvalue weighted by atomic mass is 9.74. The van der Waals surface area contributed by atoms with E-state index < -0.39 is 11.4 Å². The molecule has 0 saturated carbocycles. The van der Waals surface area contributed by atoms with Crippen LogP contribution in [0.15, 0.2) is 68.0 Å². The third-order valence-electron chi connectivity index (χ3n) is 5.27. The Morgan fingerprint density at radius 1 is 1.31 bits per heavy atom. The number of H-pyrrole nitrogens is 1. The van der Waals surface area contributed by atoms with Gasteiger partial charge in [-0.05, 0) is 61.2 Å². The van der Waals surface area contributed by atoms with Crippen LogP contribution >= 0.6 is 0 Å². The first-order valence-corrected chi connectivity index (χ1v) is 9.39. The molecule has 0 saturated heterocycles. The number of pyridine rings is 1. The van der Waals surface area contributed by atoms with Crippen molar-refractivity contribution in [1.82, 2.24) is 9.97 Å². The smallest absolute Gasteiger partial charge is 0.319 e. The molecule has 0 atom stereocenters. The average molecular weight is 392 g/mol. The fraction of sp³-hybridized carbons (Fsp3) is 0.217. The maximum atomic E-state index is 13.6. The van der Waals surface area contributed by atoms with Crippen LogP contribution in [0.1, 0.15) is 24.0 Å². The number of hydrogen-bond donors (Lipinski definition) is 2. The van der Waals surface area contributed by atoms with Crippen LogP contribution in [0.25, 0.3) is 11.0 Å². The highest BCUT2D eigenvalue weighted by Gasteiger charge is 2.36. The van der Waals surface area contributed by atoms with Crippen LogP contribution in [-0.4, -0.2) is 22.5 Å². The Bertz CT molecular complexity index is 1050. The summed E-state index contributed by atoms with van der Waals surface area (Å²) in [6, 6.07) is 7.57. The van der Waals surface area contributed by atoms with Crippen molar-refractivity contribution in [3.63, 3.8) is 0 Å². The minimum Gasteiger partial charge on any atom is -0.351 e. The van der Waals surface area contributed by atoms with Gasteiger partial charge in [-0.15, -0.1) is 13.2 Å². The number of nitrogens with one attached hydrogen (secondary N) is 1. The number of aromatic amines is 1. The second-order valence-corrected chi connectivity index (χ2v) is 7.22. The molecule has 3 aromatic rings. The molecule has 6 heteroatoms. The summed E-state index contributed by atoms with van der Waals surface area (Å²) in [5.41, 5.74) is 8.22. The first kappa shape index (κ1) is 20.3. The first-order chi connectivity index (χ1) is 13.9. The zero-order valence-corrected chi connectivity index (χ0v) is 16.5. The predicted molar refractivity (Wildman–Crippen MR) is 115 cm³/mol. The van der Waals surface area contributed by atoms with Crippen molar-refractivity contribution in [3.8, 4) is 0 Å². The van der Waals surface area contributed by atoms with Crippen LogP contribution in [0.4, 0.5) is 14.9 Å². The van der Waals surface area contributed by atoms with Crippen LogP contribution in [0.2, 0.25) is 0 Å². The van der Waals surface area contributed by atoms with Crippen LogP contribution in [-0.2, 0) is 5.41 Å². The summed E-state index contributed by atoms with van der Waals surface area (Å²) in [5.74, 6) is -0.359. The maximum Gasteiger partial charge on any atom is 0.319 e. The Labute approximate surface area is 169 Å².